The van der Waals surface area contributed by atoms with Crippen LogP contribution in [0, 0.1) is 6.92 Å². The molecular formula is C19H24O6. The summed E-state index contributed by atoms with van der Waals surface area (Å²) < 4.78 is 10.8. The van der Waals surface area contributed by atoms with Crippen LogP contribution in [0.5, 0.6) is 11.5 Å². The van der Waals surface area contributed by atoms with E-state index in [1.165, 1.54) is 0 Å². The van der Waals surface area contributed by atoms with Gasteiger partial charge in [-0.2, -0.15) is 0 Å². The van der Waals surface area contributed by atoms with Gasteiger partial charge < -0.3 is 29.9 Å². The summed E-state index contributed by atoms with van der Waals surface area (Å²) in [5.74, 6) is 1.25. The van der Waals surface area contributed by atoms with Crippen molar-refractivity contribution in [1.82, 2.24) is 0 Å². The molecule has 136 valence electrons. The highest BCUT2D eigenvalue weighted by Crippen LogP contribution is 2.28. The molecule has 2 aromatic carbocycles. The smallest absolute Gasteiger partial charge is 0.119 e. The Balaban J connectivity index is 2.03. The van der Waals surface area contributed by atoms with Gasteiger partial charge in [-0.3, -0.25) is 0 Å². The van der Waals surface area contributed by atoms with Crippen LogP contribution in [-0.2, 0) is 0 Å². The van der Waals surface area contributed by atoms with Crippen LogP contribution in [0.2, 0.25) is 0 Å². The van der Waals surface area contributed by atoms with E-state index in [0.29, 0.717) is 11.5 Å². The average Bonchev–Trinajstić information content (AvgIpc) is 2.64. The summed E-state index contributed by atoms with van der Waals surface area (Å²) in [5, 5.41) is 36.2. The zero-order valence-electron chi connectivity index (χ0n) is 14.1. The fourth-order valence-electron chi connectivity index (χ4n) is 2.27. The van der Waals surface area contributed by atoms with Crippen molar-refractivity contribution >= 4 is 0 Å². The minimum atomic E-state index is -0.892. The maximum Gasteiger partial charge on any atom is 0.119 e. The molecule has 0 aliphatic carbocycles. The molecule has 0 spiro atoms. The van der Waals surface area contributed by atoms with Gasteiger partial charge in [0, 0.05) is 0 Å². The Morgan fingerprint density at radius 2 is 1.32 bits per heavy atom. The lowest BCUT2D eigenvalue weighted by atomic mass is 10.0. The van der Waals surface area contributed by atoms with Gasteiger partial charge in [0.2, 0.25) is 0 Å². The molecule has 0 aliphatic heterocycles. The molecule has 0 amide bonds. The SMILES string of the molecule is Cc1cc(OCC(O)CO)ccc1-c1ccc(OCC(O)CO)cc1. The Morgan fingerprint density at radius 1 is 0.800 bits per heavy atom. The van der Waals surface area contributed by atoms with E-state index in [0.717, 1.165) is 16.7 Å². The van der Waals surface area contributed by atoms with Gasteiger partial charge in [-0.05, 0) is 47.9 Å². The van der Waals surface area contributed by atoms with Gasteiger partial charge in [0.05, 0.1) is 13.2 Å². The van der Waals surface area contributed by atoms with Crippen molar-refractivity contribution in [2.75, 3.05) is 26.4 Å². The first kappa shape index (κ1) is 19.2. The van der Waals surface area contributed by atoms with Crippen LogP contribution in [0.25, 0.3) is 11.1 Å². The summed E-state index contributed by atoms with van der Waals surface area (Å²) >= 11 is 0. The van der Waals surface area contributed by atoms with Crippen molar-refractivity contribution in [3.8, 4) is 22.6 Å². The molecule has 6 nitrogen and oxygen atoms in total. The predicted octanol–water partition coefficient (Wildman–Crippen LogP) is 1.13. The Kier molecular flexibility index (Phi) is 7.21. The van der Waals surface area contributed by atoms with Crippen LogP contribution >= 0.6 is 0 Å². The van der Waals surface area contributed by atoms with E-state index in [9.17, 15) is 10.2 Å². The Hall–Kier alpha value is -2.12. The fourth-order valence-corrected chi connectivity index (χ4v) is 2.27. The van der Waals surface area contributed by atoms with E-state index < -0.39 is 12.2 Å². The number of rotatable bonds is 9. The number of aliphatic hydroxyl groups excluding tert-OH is 4. The monoisotopic (exact) mass is 348 g/mol. The molecule has 0 aromatic heterocycles. The van der Waals surface area contributed by atoms with Gasteiger partial charge in [-0.25, -0.2) is 0 Å². The molecule has 4 N–H and O–H groups in total. The lowest BCUT2D eigenvalue weighted by Crippen LogP contribution is -2.21. The zero-order valence-corrected chi connectivity index (χ0v) is 14.1. The van der Waals surface area contributed by atoms with Crippen LogP contribution < -0.4 is 9.47 Å². The highest BCUT2D eigenvalue weighted by atomic mass is 16.5. The number of hydrogen-bond acceptors (Lipinski definition) is 6. The first-order chi connectivity index (χ1) is 12.0. The van der Waals surface area contributed by atoms with E-state index >= 15 is 0 Å². The number of aryl methyl sites for hydroxylation is 1. The van der Waals surface area contributed by atoms with E-state index in [1.54, 1.807) is 12.1 Å². The summed E-state index contributed by atoms with van der Waals surface area (Å²) in [7, 11) is 0. The van der Waals surface area contributed by atoms with Crippen molar-refractivity contribution in [1.29, 1.82) is 0 Å². The Bertz CT molecular complexity index is 655. The molecule has 0 fully saturated rings. The van der Waals surface area contributed by atoms with Gasteiger partial charge in [-0.1, -0.05) is 18.2 Å². The predicted molar refractivity (Wildman–Crippen MR) is 93.8 cm³/mol. The third-order valence-electron chi connectivity index (χ3n) is 3.67. The third kappa shape index (κ3) is 5.72. The summed E-state index contributed by atoms with van der Waals surface area (Å²) in [5.41, 5.74) is 3.06. The minimum Gasteiger partial charge on any atom is -0.491 e. The van der Waals surface area contributed by atoms with Gasteiger partial charge in [0.25, 0.3) is 0 Å². The van der Waals surface area contributed by atoms with Gasteiger partial charge in [-0.15, -0.1) is 0 Å². The van der Waals surface area contributed by atoms with Crippen molar-refractivity contribution in [3.05, 3.63) is 48.0 Å². The second kappa shape index (κ2) is 9.39. The highest BCUT2D eigenvalue weighted by Gasteiger charge is 2.07. The van der Waals surface area contributed by atoms with Crippen molar-refractivity contribution in [3.63, 3.8) is 0 Å². The Labute approximate surface area is 146 Å². The van der Waals surface area contributed by atoms with Crippen LogP contribution in [0.4, 0.5) is 0 Å². The van der Waals surface area contributed by atoms with Crippen LogP contribution in [0.1, 0.15) is 5.56 Å². The first-order valence-corrected chi connectivity index (χ1v) is 8.08. The minimum absolute atomic E-state index is 0.0423. The average molecular weight is 348 g/mol. The maximum absolute atomic E-state index is 9.32. The summed E-state index contributed by atoms with van der Waals surface area (Å²) in [6.45, 7) is 1.39. The normalized spacial score (nSPS) is 13.3. The molecule has 0 saturated heterocycles. The highest BCUT2D eigenvalue weighted by molar-refractivity contribution is 5.68. The molecule has 2 rings (SSSR count). The molecule has 6 heteroatoms. The molecule has 2 aromatic rings. The van der Waals surface area contributed by atoms with Gasteiger partial charge >= 0.3 is 0 Å². The first-order valence-electron chi connectivity index (χ1n) is 8.08. The van der Waals surface area contributed by atoms with Gasteiger partial charge in [0.15, 0.2) is 0 Å². The van der Waals surface area contributed by atoms with E-state index in [2.05, 4.69) is 0 Å². The molecule has 0 radical (unpaired) electrons. The second-order valence-electron chi connectivity index (χ2n) is 5.80. The summed E-state index contributed by atoms with van der Waals surface area (Å²) in [6.07, 6.45) is -1.78. The molecule has 0 bridgehead atoms. The van der Waals surface area contributed by atoms with Gasteiger partial charge in [0.1, 0.15) is 36.9 Å². The van der Waals surface area contributed by atoms with Crippen molar-refractivity contribution in [2.24, 2.45) is 0 Å². The molecule has 0 saturated carbocycles. The third-order valence-corrected chi connectivity index (χ3v) is 3.67. The molecule has 25 heavy (non-hydrogen) atoms. The number of benzene rings is 2. The molecule has 2 atom stereocenters. The lowest BCUT2D eigenvalue weighted by Gasteiger charge is -2.13. The zero-order chi connectivity index (χ0) is 18.2. The maximum atomic E-state index is 9.32. The topological polar surface area (TPSA) is 99.4 Å². The van der Waals surface area contributed by atoms with E-state index in [-0.39, 0.29) is 26.4 Å². The quantitative estimate of drug-likeness (QED) is 0.542. The number of aliphatic hydroxyl groups is 4. The van der Waals surface area contributed by atoms with Crippen LogP contribution in [-0.4, -0.2) is 59.1 Å². The summed E-state index contributed by atoms with van der Waals surface area (Å²) in [6, 6.07) is 13.1. The van der Waals surface area contributed by atoms with Crippen LogP contribution in [0.15, 0.2) is 42.5 Å². The fraction of sp³-hybridized carbons (Fsp3) is 0.368. The van der Waals surface area contributed by atoms with E-state index in [1.807, 2.05) is 37.3 Å². The largest absolute Gasteiger partial charge is 0.491 e. The van der Waals surface area contributed by atoms with Crippen molar-refractivity contribution in [2.45, 2.75) is 19.1 Å². The standard InChI is InChI=1S/C19H24O6/c1-13-8-18(25-12-16(23)10-21)6-7-19(13)14-2-4-17(5-3-14)24-11-15(22)9-20/h2-8,15-16,20-23H,9-12H2,1H3. The molecule has 0 aliphatic rings. The second-order valence-corrected chi connectivity index (χ2v) is 5.80. The van der Waals surface area contributed by atoms with Crippen LogP contribution in [0.3, 0.4) is 0 Å². The van der Waals surface area contributed by atoms with E-state index in [4.69, 9.17) is 19.7 Å². The Morgan fingerprint density at radius 3 is 1.84 bits per heavy atom. The molecule has 0 heterocycles. The lowest BCUT2D eigenvalue weighted by molar-refractivity contribution is 0.0536. The molecule has 2 unspecified atom stereocenters. The number of ether oxygens (including phenoxy) is 2. The van der Waals surface area contributed by atoms with Crippen molar-refractivity contribution < 1.29 is 29.9 Å². The molecular weight excluding hydrogens is 324 g/mol. The number of hydrogen-bond donors (Lipinski definition) is 4. The summed E-state index contributed by atoms with van der Waals surface area (Å²) in [4.78, 5) is 0.